The Hall–Kier alpha value is -1.58. The first-order valence-corrected chi connectivity index (χ1v) is 4.97. The van der Waals surface area contributed by atoms with Crippen LogP contribution in [0.3, 0.4) is 0 Å². The molecule has 0 aliphatic carbocycles. The van der Waals surface area contributed by atoms with Crippen molar-refractivity contribution in [3.63, 3.8) is 0 Å². The van der Waals surface area contributed by atoms with Gasteiger partial charge in [0, 0.05) is 18.9 Å². The van der Waals surface area contributed by atoms with Gasteiger partial charge in [0.15, 0.2) is 0 Å². The summed E-state index contributed by atoms with van der Waals surface area (Å²) >= 11 is 0. The molecule has 4 nitrogen and oxygen atoms in total. The third-order valence-corrected chi connectivity index (χ3v) is 2.72. The second kappa shape index (κ2) is 3.88. The summed E-state index contributed by atoms with van der Waals surface area (Å²) in [4.78, 5) is 24.4. The number of amides is 1. The van der Waals surface area contributed by atoms with Crippen LogP contribution < -0.4 is 0 Å². The highest BCUT2D eigenvalue weighted by Crippen LogP contribution is 2.20. The van der Waals surface area contributed by atoms with E-state index in [1.54, 1.807) is 17.2 Å². The number of hydrogen-bond acceptors (Lipinski definition) is 3. The average molecular weight is 207 g/mol. The molecule has 1 aliphatic heterocycles. The molecule has 1 atom stereocenters. The summed E-state index contributed by atoms with van der Waals surface area (Å²) < 4.78 is 5.16. The predicted octanol–water partition coefficient (Wildman–Crippen LogP) is 1.22. The van der Waals surface area contributed by atoms with Gasteiger partial charge in [0.25, 0.3) is 0 Å². The fraction of sp³-hybridized carbons (Fsp3) is 0.455. The summed E-state index contributed by atoms with van der Waals surface area (Å²) in [5, 5.41) is 0. The molecule has 0 bridgehead atoms. The highest BCUT2D eigenvalue weighted by Gasteiger charge is 2.32. The van der Waals surface area contributed by atoms with Crippen molar-refractivity contribution < 1.29 is 14.0 Å². The zero-order valence-corrected chi connectivity index (χ0v) is 8.60. The molecule has 1 unspecified atom stereocenters. The first kappa shape index (κ1) is 9.96. The van der Waals surface area contributed by atoms with Gasteiger partial charge in [-0.05, 0) is 19.1 Å². The summed E-state index contributed by atoms with van der Waals surface area (Å²) in [6.45, 7) is 2.53. The van der Waals surface area contributed by atoms with Crippen molar-refractivity contribution in [2.24, 2.45) is 5.92 Å². The first-order valence-electron chi connectivity index (χ1n) is 4.97. The van der Waals surface area contributed by atoms with E-state index in [4.69, 9.17) is 4.42 Å². The van der Waals surface area contributed by atoms with E-state index in [1.807, 2.05) is 6.07 Å². The van der Waals surface area contributed by atoms with E-state index in [0.29, 0.717) is 19.5 Å². The molecular formula is C11H13NO3. The van der Waals surface area contributed by atoms with E-state index < -0.39 is 0 Å². The number of nitrogens with zero attached hydrogens (tertiary/aromatic N) is 1. The number of likely N-dealkylation sites (tertiary alicyclic amines) is 1. The number of carbonyl (C=O) groups excluding carboxylic acids is 2. The van der Waals surface area contributed by atoms with Crippen molar-refractivity contribution in [1.82, 2.24) is 4.90 Å². The molecule has 1 fully saturated rings. The molecule has 1 aliphatic rings. The largest absolute Gasteiger partial charge is 0.467 e. The zero-order valence-electron chi connectivity index (χ0n) is 8.60. The molecule has 80 valence electrons. The maximum Gasteiger partial charge on any atom is 0.223 e. The van der Waals surface area contributed by atoms with Crippen LogP contribution in [0.5, 0.6) is 0 Å². The molecule has 0 spiro atoms. The SMILES string of the molecule is CC(=O)C1CC(=O)N(Cc2ccco2)C1. The Morgan fingerprint density at radius 3 is 3.00 bits per heavy atom. The monoisotopic (exact) mass is 207 g/mol. The van der Waals surface area contributed by atoms with Crippen LogP contribution in [-0.2, 0) is 16.1 Å². The van der Waals surface area contributed by atoms with Gasteiger partial charge in [-0.1, -0.05) is 0 Å². The van der Waals surface area contributed by atoms with Crippen molar-refractivity contribution in [3.05, 3.63) is 24.2 Å². The quantitative estimate of drug-likeness (QED) is 0.748. The Morgan fingerprint density at radius 2 is 2.47 bits per heavy atom. The minimum Gasteiger partial charge on any atom is -0.467 e. The van der Waals surface area contributed by atoms with Gasteiger partial charge >= 0.3 is 0 Å². The van der Waals surface area contributed by atoms with Gasteiger partial charge in [0.05, 0.1) is 12.8 Å². The maximum atomic E-state index is 11.5. The van der Waals surface area contributed by atoms with E-state index >= 15 is 0 Å². The molecule has 0 aromatic carbocycles. The maximum absolute atomic E-state index is 11.5. The van der Waals surface area contributed by atoms with E-state index in [2.05, 4.69) is 0 Å². The molecule has 0 N–H and O–H groups in total. The molecule has 2 heterocycles. The Balaban J connectivity index is 2.00. The van der Waals surface area contributed by atoms with Crippen molar-refractivity contribution >= 4 is 11.7 Å². The number of carbonyl (C=O) groups is 2. The molecule has 1 amide bonds. The molecule has 4 heteroatoms. The molecular weight excluding hydrogens is 194 g/mol. The Morgan fingerprint density at radius 1 is 1.67 bits per heavy atom. The fourth-order valence-corrected chi connectivity index (χ4v) is 1.79. The molecule has 15 heavy (non-hydrogen) atoms. The van der Waals surface area contributed by atoms with Gasteiger partial charge in [0.2, 0.25) is 5.91 Å². The average Bonchev–Trinajstić information content (AvgIpc) is 2.77. The van der Waals surface area contributed by atoms with Gasteiger partial charge in [-0.15, -0.1) is 0 Å². The van der Waals surface area contributed by atoms with E-state index in [-0.39, 0.29) is 17.6 Å². The molecule has 2 rings (SSSR count). The first-order chi connectivity index (χ1) is 7.16. The fourth-order valence-electron chi connectivity index (χ4n) is 1.79. The summed E-state index contributed by atoms with van der Waals surface area (Å²) in [6, 6.07) is 3.62. The lowest BCUT2D eigenvalue weighted by atomic mass is 10.1. The minimum absolute atomic E-state index is 0.0339. The summed E-state index contributed by atoms with van der Waals surface area (Å²) in [7, 11) is 0. The van der Waals surface area contributed by atoms with Crippen LogP contribution in [0.1, 0.15) is 19.1 Å². The number of rotatable bonds is 3. The third-order valence-electron chi connectivity index (χ3n) is 2.72. The van der Waals surface area contributed by atoms with Gasteiger partial charge < -0.3 is 9.32 Å². The van der Waals surface area contributed by atoms with Gasteiger partial charge in [-0.2, -0.15) is 0 Å². The normalized spacial score (nSPS) is 21.0. The number of ketones is 1. The molecule has 0 radical (unpaired) electrons. The van der Waals surface area contributed by atoms with Crippen LogP contribution in [0.4, 0.5) is 0 Å². The van der Waals surface area contributed by atoms with Gasteiger partial charge in [0.1, 0.15) is 11.5 Å². The third kappa shape index (κ3) is 2.09. The van der Waals surface area contributed by atoms with Crippen molar-refractivity contribution in [1.29, 1.82) is 0 Å². The van der Waals surface area contributed by atoms with Crippen LogP contribution in [-0.4, -0.2) is 23.1 Å². The highest BCUT2D eigenvalue weighted by molar-refractivity contribution is 5.89. The highest BCUT2D eigenvalue weighted by atomic mass is 16.3. The molecule has 0 saturated carbocycles. The Kier molecular flexibility index (Phi) is 2.58. The standard InChI is InChI=1S/C11H13NO3/c1-8(13)9-5-11(14)12(6-9)7-10-3-2-4-15-10/h2-4,9H,5-7H2,1H3. The van der Waals surface area contributed by atoms with E-state index in [1.165, 1.54) is 6.92 Å². The summed E-state index contributed by atoms with van der Waals surface area (Å²) in [6.07, 6.45) is 1.92. The van der Waals surface area contributed by atoms with Gasteiger partial charge in [-0.25, -0.2) is 0 Å². The van der Waals surface area contributed by atoms with E-state index in [9.17, 15) is 9.59 Å². The lowest BCUT2D eigenvalue weighted by Gasteiger charge is -2.13. The number of hydrogen-bond donors (Lipinski definition) is 0. The van der Waals surface area contributed by atoms with E-state index in [0.717, 1.165) is 5.76 Å². The second-order valence-electron chi connectivity index (χ2n) is 3.87. The Labute approximate surface area is 87.9 Å². The van der Waals surface area contributed by atoms with Crippen LogP contribution in [0, 0.1) is 5.92 Å². The van der Waals surface area contributed by atoms with Crippen LogP contribution in [0.25, 0.3) is 0 Å². The Bertz CT molecular complexity index is 369. The lowest BCUT2D eigenvalue weighted by molar-refractivity contribution is -0.129. The number of furan rings is 1. The predicted molar refractivity (Wildman–Crippen MR) is 52.9 cm³/mol. The smallest absolute Gasteiger partial charge is 0.223 e. The molecule has 1 saturated heterocycles. The lowest BCUT2D eigenvalue weighted by Crippen LogP contribution is -2.25. The summed E-state index contributed by atoms with van der Waals surface area (Å²) in [5.41, 5.74) is 0. The van der Waals surface area contributed by atoms with Crippen molar-refractivity contribution in [2.45, 2.75) is 19.9 Å². The topological polar surface area (TPSA) is 50.5 Å². The number of Topliss-reactive ketones (excluding diaryl/α,β-unsaturated/α-hetero) is 1. The summed E-state index contributed by atoms with van der Waals surface area (Å²) in [5.74, 6) is 0.747. The molecule has 1 aromatic rings. The van der Waals surface area contributed by atoms with Gasteiger partial charge in [-0.3, -0.25) is 9.59 Å². The minimum atomic E-state index is -0.132. The van der Waals surface area contributed by atoms with Crippen molar-refractivity contribution in [2.75, 3.05) is 6.54 Å². The second-order valence-corrected chi connectivity index (χ2v) is 3.87. The van der Waals surface area contributed by atoms with Crippen LogP contribution >= 0.6 is 0 Å². The van der Waals surface area contributed by atoms with Crippen molar-refractivity contribution in [3.8, 4) is 0 Å². The van der Waals surface area contributed by atoms with Crippen LogP contribution in [0.2, 0.25) is 0 Å². The molecule has 1 aromatic heterocycles. The van der Waals surface area contributed by atoms with Crippen LogP contribution in [0.15, 0.2) is 22.8 Å². The zero-order chi connectivity index (χ0) is 10.8.